The van der Waals surface area contributed by atoms with Crippen LogP contribution in [0.3, 0.4) is 0 Å². The summed E-state index contributed by atoms with van der Waals surface area (Å²) in [5.41, 5.74) is 6.20. The van der Waals surface area contributed by atoms with Crippen LogP contribution in [0.4, 0.5) is 0 Å². The lowest BCUT2D eigenvalue weighted by Gasteiger charge is -2.20. The molecule has 0 bridgehead atoms. The van der Waals surface area contributed by atoms with Crippen molar-refractivity contribution in [3.63, 3.8) is 0 Å². The van der Waals surface area contributed by atoms with E-state index in [0.717, 1.165) is 5.56 Å². The Morgan fingerprint density at radius 3 is 2.17 bits per heavy atom. The summed E-state index contributed by atoms with van der Waals surface area (Å²) in [4.78, 5) is 45.2. The second-order valence-electron chi connectivity index (χ2n) is 5.07. The number of carboxylic acid groups (broad SMARTS) is 2. The Morgan fingerprint density at radius 1 is 1.00 bits per heavy atom. The van der Waals surface area contributed by atoms with E-state index in [1.54, 1.807) is 30.3 Å². The van der Waals surface area contributed by atoms with Crippen molar-refractivity contribution in [2.75, 3.05) is 6.54 Å². The highest BCUT2D eigenvalue weighted by Gasteiger charge is 2.25. The molecule has 1 rings (SSSR count). The minimum absolute atomic E-state index is 0.109. The van der Waals surface area contributed by atoms with Crippen LogP contribution in [0.15, 0.2) is 30.3 Å². The number of benzene rings is 1. The second kappa shape index (κ2) is 9.26. The van der Waals surface area contributed by atoms with Gasteiger partial charge in [-0.2, -0.15) is 0 Å². The number of aliphatic carboxylic acids is 2. The van der Waals surface area contributed by atoms with Crippen LogP contribution in [0.2, 0.25) is 0 Å². The van der Waals surface area contributed by atoms with Crippen LogP contribution >= 0.6 is 0 Å². The monoisotopic (exact) mass is 337 g/mol. The van der Waals surface area contributed by atoms with Gasteiger partial charge in [-0.15, -0.1) is 0 Å². The molecule has 0 aliphatic rings. The predicted octanol–water partition coefficient (Wildman–Crippen LogP) is -1.28. The van der Waals surface area contributed by atoms with E-state index in [9.17, 15) is 19.2 Å². The quantitative estimate of drug-likeness (QED) is 0.375. The van der Waals surface area contributed by atoms with Crippen LogP contribution in [0.25, 0.3) is 0 Å². The fourth-order valence-electron chi connectivity index (χ4n) is 1.90. The molecule has 9 heteroatoms. The van der Waals surface area contributed by atoms with Gasteiger partial charge in [0.05, 0.1) is 12.5 Å². The van der Waals surface area contributed by atoms with E-state index in [1.165, 1.54) is 0 Å². The maximum Gasteiger partial charge on any atom is 0.322 e. The molecule has 0 spiro atoms. The molecule has 0 fully saturated rings. The maximum absolute atomic E-state index is 12.1. The lowest BCUT2D eigenvalue weighted by atomic mass is 10.0. The van der Waals surface area contributed by atoms with E-state index in [2.05, 4.69) is 10.6 Å². The number of hydrogen-bond acceptors (Lipinski definition) is 5. The number of rotatable bonds is 9. The zero-order chi connectivity index (χ0) is 18.1. The molecule has 130 valence electrons. The van der Waals surface area contributed by atoms with Crippen LogP contribution in [0.1, 0.15) is 12.0 Å². The topological polar surface area (TPSA) is 159 Å². The molecule has 0 aliphatic heterocycles. The summed E-state index contributed by atoms with van der Waals surface area (Å²) in [7, 11) is 0. The number of nitrogens with one attached hydrogen (secondary N) is 2. The van der Waals surface area contributed by atoms with Crippen LogP contribution in [0.5, 0.6) is 0 Å². The normalized spacial score (nSPS) is 12.7. The number of carbonyl (C=O) groups is 4. The van der Waals surface area contributed by atoms with Gasteiger partial charge >= 0.3 is 11.9 Å². The maximum atomic E-state index is 12.1. The molecule has 0 saturated heterocycles. The minimum Gasteiger partial charge on any atom is -0.481 e. The molecule has 2 atom stereocenters. The van der Waals surface area contributed by atoms with Crippen LogP contribution in [0, 0.1) is 0 Å². The van der Waals surface area contributed by atoms with E-state index >= 15 is 0 Å². The molecule has 1 aromatic carbocycles. The van der Waals surface area contributed by atoms with Gasteiger partial charge < -0.3 is 26.6 Å². The smallest absolute Gasteiger partial charge is 0.322 e. The highest BCUT2D eigenvalue weighted by molar-refractivity contribution is 5.92. The molecule has 2 amide bonds. The Hall–Kier alpha value is -2.94. The van der Waals surface area contributed by atoms with E-state index in [0.29, 0.717) is 0 Å². The van der Waals surface area contributed by atoms with Gasteiger partial charge in [0.1, 0.15) is 12.6 Å². The Kier molecular flexibility index (Phi) is 7.37. The van der Waals surface area contributed by atoms with Gasteiger partial charge in [-0.25, -0.2) is 0 Å². The molecule has 0 radical (unpaired) electrons. The summed E-state index contributed by atoms with van der Waals surface area (Å²) in [5.74, 6) is -3.97. The SMILES string of the molecule is N[C@@H](CC(=O)O)C(=O)N[C@@H](Cc1ccccc1)C(=O)NCC(=O)O. The molecule has 24 heavy (non-hydrogen) atoms. The Bertz CT molecular complexity index is 604. The van der Waals surface area contributed by atoms with Crippen molar-refractivity contribution in [1.82, 2.24) is 10.6 Å². The third-order valence-electron chi connectivity index (χ3n) is 3.06. The third kappa shape index (κ3) is 6.88. The van der Waals surface area contributed by atoms with Crippen molar-refractivity contribution in [1.29, 1.82) is 0 Å². The standard InChI is InChI=1S/C15H19N3O6/c16-10(7-12(19)20)14(23)18-11(15(24)17-8-13(21)22)6-9-4-2-1-3-5-9/h1-5,10-11H,6-8,16H2,(H,17,24)(H,18,23)(H,19,20)(H,21,22)/t10-,11-/m0/s1. The van der Waals surface area contributed by atoms with Crippen LogP contribution < -0.4 is 16.4 Å². The average Bonchev–Trinajstić information content (AvgIpc) is 2.52. The first-order valence-corrected chi connectivity index (χ1v) is 7.10. The molecule has 1 aromatic rings. The van der Waals surface area contributed by atoms with Gasteiger partial charge in [0.2, 0.25) is 11.8 Å². The van der Waals surface area contributed by atoms with E-state index in [1.807, 2.05) is 0 Å². The van der Waals surface area contributed by atoms with E-state index < -0.39 is 48.8 Å². The van der Waals surface area contributed by atoms with Gasteiger partial charge in [-0.1, -0.05) is 30.3 Å². The van der Waals surface area contributed by atoms with Crippen molar-refractivity contribution in [2.45, 2.75) is 24.9 Å². The molecule has 9 nitrogen and oxygen atoms in total. The summed E-state index contributed by atoms with van der Waals surface area (Å²) in [5, 5.41) is 21.8. The van der Waals surface area contributed by atoms with Gasteiger partial charge in [-0.3, -0.25) is 19.2 Å². The fraction of sp³-hybridized carbons (Fsp3) is 0.333. The van der Waals surface area contributed by atoms with Gasteiger partial charge in [0.15, 0.2) is 0 Å². The summed E-state index contributed by atoms with van der Waals surface area (Å²) in [6.07, 6.45) is -0.474. The van der Waals surface area contributed by atoms with E-state index in [-0.39, 0.29) is 6.42 Å². The molecule has 6 N–H and O–H groups in total. The number of carbonyl (C=O) groups excluding carboxylic acids is 2. The van der Waals surface area contributed by atoms with E-state index in [4.69, 9.17) is 15.9 Å². The molecule has 0 aliphatic carbocycles. The first-order valence-electron chi connectivity index (χ1n) is 7.10. The summed E-state index contributed by atoms with van der Waals surface area (Å²) in [6, 6.07) is 6.37. The summed E-state index contributed by atoms with van der Waals surface area (Å²) in [6.45, 7) is -0.596. The van der Waals surface area contributed by atoms with Crippen molar-refractivity contribution in [3.8, 4) is 0 Å². The Balaban J connectivity index is 2.79. The lowest BCUT2D eigenvalue weighted by Crippen LogP contribution is -2.53. The minimum atomic E-state index is -1.31. The van der Waals surface area contributed by atoms with Gasteiger partial charge in [0.25, 0.3) is 0 Å². The largest absolute Gasteiger partial charge is 0.481 e. The summed E-state index contributed by atoms with van der Waals surface area (Å²) < 4.78 is 0. The zero-order valence-corrected chi connectivity index (χ0v) is 12.8. The van der Waals surface area contributed by atoms with Crippen LogP contribution in [-0.4, -0.2) is 52.6 Å². The molecular formula is C15H19N3O6. The highest BCUT2D eigenvalue weighted by Crippen LogP contribution is 2.04. The first-order chi connectivity index (χ1) is 11.3. The van der Waals surface area contributed by atoms with Gasteiger partial charge in [-0.05, 0) is 5.56 Å². The Labute approximate surface area is 137 Å². The van der Waals surface area contributed by atoms with Crippen LogP contribution in [-0.2, 0) is 25.6 Å². The number of carboxylic acids is 2. The van der Waals surface area contributed by atoms with Crippen molar-refractivity contribution >= 4 is 23.8 Å². The van der Waals surface area contributed by atoms with Crippen molar-refractivity contribution in [2.24, 2.45) is 5.73 Å². The second-order valence-corrected chi connectivity index (χ2v) is 5.07. The first kappa shape index (κ1) is 19.1. The zero-order valence-electron chi connectivity index (χ0n) is 12.8. The number of amides is 2. The van der Waals surface area contributed by atoms with Crippen molar-refractivity contribution in [3.05, 3.63) is 35.9 Å². The average molecular weight is 337 g/mol. The van der Waals surface area contributed by atoms with Crippen molar-refractivity contribution < 1.29 is 29.4 Å². The molecule has 0 heterocycles. The Morgan fingerprint density at radius 2 is 1.62 bits per heavy atom. The molecule has 0 saturated carbocycles. The third-order valence-corrected chi connectivity index (χ3v) is 3.06. The highest BCUT2D eigenvalue weighted by atomic mass is 16.4. The lowest BCUT2D eigenvalue weighted by molar-refractivity contribution is -0.140. The number of hydrogen-bond donors (Lipinski definition) is 5. The number of nitrogens with two attached hydrogens (primary N) is 1. The molecule has 0 unspecified atom stereocenters. The fourth-order valence-corrected chi connectivity index (χ4v) is 1.90. The predicted molar refractivity (Wildman–Crippen MR) is 83.0 cm³/mol. The van der Waals surface area contributed by atoms with Gasteiger partial charge in [0, 0.05) is 6.42 Å². The summed E-state index contributed by atoms with van der Waals surface area (Å²) >= 11 is 0. The molecule has 0 aromatic heterocycles. The molecular weight excluding hydrogens is 318 g/mol.